The molecule has 0 spiro atoms. The number of hydrogen-bond acceptors (Lipinski definition) is 4. The zero-order valence-corrected chi connectivity index (χ0v) is 20.0. The molecule has 5 heteroatoms. The van der Waals surface area contributed by atoms with E-state index in [0.29, 0.717) is 11.5 Å². The van der Waals surface area contributed by atoms with E-state index in [0.717, 1.165) is 11.1 Å². The first kappa shape index (κ1) is 24.0. The maximum atomic E-state index is 13.1. The Hall–Kier alpha value is -4.09. The Labute approximate surface area is 206 Å². The summed E-state index contributed by atoms with van der Waals surface area (Å²) in [4.78, 5) is 0.364. The summed E-state index contributed by atoms with van der Waals surface area (Å²) in [5.41, 5.74) is 1.93. The van der Waals surface area contributed by atoms with Gasteiger partial charge in [-0.25, -0.2) is 8.42 Å². The second kappa shape index (κ2) is 10.9. The molecule has 176 valence electrons. The topological polar surface area (TPSA) is 52.6 Å². The van der Waals surface area contributed by atoms with E-state index in [2.05, 4.69) is 13.2 Å². The van der Waals surface area contributed by atoms with Crippen LogP contribution in [0.1, 0.15) is 23.3 Å². The summed E-state index contributed by atoms with van der Waals surface area (Å²) in [5.74, 6) is 1.11. The van der Waals surface area contributed by atoms with Gasteiger partial charge in [-0.2, -0.15) is 0 Å². The van der Waals surface area contributed by atoms with E-state index in [1.165, 1.54) is 0 Å². The Morgan fingerprint density at radius 1 is 0.543 bits per heavy atom. The number of hydrogen-bond donors (Lipinski definition) is 0. The summed E-state index contributed by atoms with van der Waals surface area (Å²) in [6.07, 6.45) is 2.75. The number of ether oxygens (including phenoxy) is 2. The quantitative estimate of drug-likeness (QED) is 0.226. The molecule has 0 N–H and O–H groups in total. The standard InChI is InChI=1S/C30H26O4S/c1-3-29(23-11-7-5-8-12-23)33-25-15-19-27(20-16-25)35(31,32)28-21-17-26(18-22-28)34-30(4-2)24-13-9-6-10-14-24/h3-22,29-30H,1-2H2. The minimum Gasteiger partial charge on any atom is -0.482 e. The van der Waals surface area contributed by atoms with Gasteiger partial charge in [-0.15, -0.1) is 0 Å². The molecule has 0 aliphatic rings. The Bertz CT molecular complexity index is 1260. The molecule has 4 nitrogen and oxygen atoms in total. The third-order valence-corrected chi connectivity index (χ3v) is 7.26. The molecule has 0 aliphatic carbocycles. The highest BCUT2D eigenvalue weighted by Gasteiger charge is 2.19. The Kier molecular flexibility index (Phi) is 7.48. The van der Waals surface area contributed by atoms with E-state index in [9.17, 15) is 8.42 Å². The maximum Gasteiger partial charge on any atom is 0.206 e. The number of rotatable bonds is 10. The van der Waals surface area contributed by atoms with Crippen LogP contribution in [0.2, 0.25) is 0 Å². The van der Waals surface area contributed by atoms with Gasteiger partial charge in [0.2, 0.25) is 9.84 Å². The molecule has 0 aromatic heterocycles. The summed E-state index contributed by atoms with van der Waals surface area (Å²) in [6.45, 7) is 7.68. The van der Waals surface area contributed by atoms with Crippen molar-refractivity contribution in [1.82, 2.24) is 0 Å². The van der Waals surface area contributed by atoms with Crippen LogP contribution in [0.3, 0.4) is 0 Å². The molecule has 0 amide bonds. The first-order valence-electron chi connectivity index (χ1n) is 11.1. The van der Waals surface area contributed by atoms with E-state index in [4.69, 9.17) is 9.47 Å². The zero-order chi connectivity index (χ0) is 24.7. The first-order chi connectivity index (χ1) is 17.0. The predicted octanol–water partition coefficient (Wildman–Crippen LogP) is 7.13. The Morgan fingerprint density at radius 3 is 1.20 bits per heavy atom. The molecule has 4 aromatic carbocycles. The monoisotopic (exact) mass is 482 g/mol. The lowest BCUT2D eigenvalue weighted by molar-refractivity contribution is 0.255. The van der Waals surface area contributed by atoms with E-state index < -0.39 is 9.84 Å². The molecule has 0 saturated carbocycles. The highest BCUT2D eigenvalue weighted by Crippen LogP contribution is 2.29. The van der Waals surface area contributed by atoms with Gasteiger partial charge in [0.15, 0.2) is 0 Å². The van der Waals surface area contributed by atoms with Gasteiger partial charge >= 0.3 is 0 Å². The zero-order valence-electron chi connectivity index (χ0n) is 19.2. The fourth-order valence-electron chi connectivity index (χ4n) is 3.61. The van der Waals surface area contributed by atoms with Crippen LogP contribution in [0.25, 0.3) is 0 Å². The third-order valence-electron chi connectivity index (χ3n) is 5.48. The maximum absolute atomic E-state index is 13.1. The predicted molar refractivity (Wildman–Crippen MR) is 138 cm³/mol. The average molecular weight is 483 g/mol. The van der Waals surface area contributed by atoms with Crippen LogP contribution in [0.4, 0.5) is 0 Å². The van der Waals surface area contributed by atoms with Crippen molar-refractivity contribution in [2.45, 2.75) is 22.0 Å². The molecule has 4 rings (SSSR count). The van der Waals surface area contributed by atoms with Crippen molar-refractivity contribution >= 4 is 9.84 Å². The van der Waals surface area contributed by atoms with Crippen molar-refractivity contribution in [3.63, 3.8) is 0 Å². The number of benzene rings is 4. The highest BCUT2D eigenvalue weighted by molar-refractivity contribution is 7.91. The van der Waals surface area contributed by atoms with E-state index in [1.54, 1.807) is 60.7 Å². The van der Waals surface area contributed by atoms with Gasteiger partial charge in [0.1, 0.15) is 23.7 Å². The summed E-state index contributed by atoms with van der Waals surface area (Å²) >= 11 is 0. The SMILES string of the molecule is C=CC(Oc1ccc(S(=O)(=O)c2ccc(OC(C=C)c3ccccc3)cc2)cc1)c1ccccc1. The van der Waals surface area contributed by atoms with Crippen LogP contribution < -0.4 is 9.47 Å². The average Bonchev–Trinajstić information content (AvgIpc) is 2.92. The fraction of sp³-hybridized carbons (Fsp3) is 0.0667. The fourth-order valence-corrected chi connectivity index (χ4v) is 4.87. The van der Waals surface area contributed by atoms with Gasteiger partial charge in [-0.3, -0.25) is 0 Å². The van der Waals surface area contributed by atoms with E-state index >= 15 is 0 Å². The van der Waals surface area contributed by atoms with Gasteiger partial charge in [0.25, 0.3) is 0 Å². The summed E-state index contributed by atoms with van der Waals surface area (Å²) in [6, 6.07) is 32.2. The Balaban J connectivity index is 1.47. The van der Waals surface area contributed by atoms with Crippen LogP contribution in [0, 0.1) is 0 Å². The van der Waals surface area contributed by atoms with Crippen molar-refractivity contribution in [3.05, 3.63) is 146 Å². The highest BCUT2D eigenvalue weighted by atomic mass is 32.2. The molecule has 2 atom stereocenters. The van der Waals surface area contributed by atoms with Crippen molar-refractivity contribution in [3.8, 4) is 11.5 Å². The van der Waals surface area contributed by atoms with Gasteiger partial charge in [-0.1, -0.05) is 73.8 Å². The molecule has 0 aliphatic heterocycles. The van der Waals surface area contributed by atoms with Crippen molar-refractivity contribution < 1.29 is 17.9 Å². The van der Waals surface area contributed by atoms with E-state index in [1.807, 2.05) is 60.7 Å². The van der Waals surface area contributed by atoms with Gasteiger partial charge in [0, 0.05) is 0 Å². The molecule has 0 heterocycles. The van der Waals surface area contributed by atoms with Gasteiger partial charge in [0.05, 0.1) is 9.79 Å². The van der Waals surface area contributed by atoms with Crippen LogP contribution >= 0.6 is 0 Å². The van der Waals surface area contributed by atoms with Crippen molar-refractivity contribution in [2.24, 2.45) is 0 Å². The normalized spacial score (nSPS) is 12.8. The minimum absolute atomic E-state index is 0.182. The molecule has 0 saturated heterocycles. The largest absolute Gasteiger partial charge is 0.482 e. The summed E-state index contributed by atoms with van der Waals surface area (Å²) in [7, 11) is -3.70. The first-order valence-corrected chi connectivity index (χ1v) is 12.6. The molecular weight excluding hydrogens is 456 g/mol. The molecule has 0 fully saturated rings. The minimum atomic E-state index is -3.70. The molecule has 35 heavy (non-hydrogen) atoms. The van der Waals surface area contributed by atoms with E-state index in [-0.39, 0.29) is 22.0 Å². The summed E-state index contributed by atoms with van der Waals surface area (Å²) in [5, 5.41) is 0. The van der Waals surface area contributed by atoms with Gasteiger partial charge in [-0.05, 0) is 71.8 Å². The van der Waals surface area contributed by atoms with Crippen LogP contribution in [-0.2, 0) is 9.84 Å². The Morgan fingerprint density at radius 2 is 0.886 bits per heavy atom. The summed E-state index contributed by atoms with van der Waals surface area (Å²) < 4.78 is 38.3. The van der Waals surface area contributed by atoms with Crippen molar-refractivity contribution in [2.75, 3.05) is 0 Å². The second-order valence-electron chi connectivity index (χ2n) is 7.82. The lowest BCUT2D eigenvalue weighted by atomic mass is 10.1. The second-order valence-corrected chi connectivity index (χ2v) is 9.77. The lowest BCUT2D eigenvalue weighted by Gasteiger charge is -2.17. The smallest absolute Gasteiger partial charge is 0.206 e. The third kappa shape index (κ3) is 5.70. The van der Waals surface area contributed by atoms with Crippen molar-refractivity contribution in [1.29, 1.82) is 0 Å². The van der Waals surface area contributed by atoms with Crippen LogP contribution in [0.15, 0.2) is 144 Å². The number of sulfone groups is 1. The molecule has 2 unspecified atom stereocenters. The van der Waals surface area contributed by atoms with Crippen LogP contribution in [-0.4, -0.2) is 8.42 Å². The molecule has 0 bridgehead atoms. The molecular formula is C30H26O4S. The van der Waals surface area contributed by atoms with Gasteiger partial charge < -0.3 is 9.47 Å². The molecule has 0 radical (unpaired) electrons. The molecule has 4 aromatic rings. The van der Waals surface area contributed by atoms with Crippen LogP contribution in [0.5, 0.6) is 11.5 Å². The lowest BCUT2D eigenvalue weighted by Crippen LogP contribution is -2.06.